The van der Waals surface area contributed by atoms with Gasteiger partial charge < -0.3 is 4.90 Å². The van der Waals surface area contributed by atoms with Crippen molar-refractivity contribution < 1.29 is 0 Å². The molecule has 1 saturated carbocycles. The Balaban J connectivity index is 1.30. The van der Waals surface area contributed by atoms with Crippen molar-refractivity contribution in [1.29, 1.82) is 5.26 Å². The number of piperidine rings is 1. The third-order valence-electron chi connectivity index (χ3n) is 7.37. The van der Waals surface area contributed by atoms with Gasteiger partial charge in [-0.05, 0) is 62.4 Å². The lowest BCUT2D eigenvalue weighted by Crippen LogP contribution is -2.35. The van der Waals surface area contributed by atoms with Crippen molar-refractivity contribution in [1.82, 2.24) is 29.6 Å². The van der Waals surface area contributed by atoms with Gasteiger partial charge in [0.2, 0.25) is 5.95 Å². The van der Waals surface area contributed by atoms with E-state index < -0.39 is 0 Å². The van der Waals surface area contributed by atoms with Gasteiger partial charge in [-0.2, -0.15) is 5.26 Å². The molecule has 0 spiro atoms. The highest BCUT2D eigenvalue weighted by atomic mass is 35.5. The second-order valence-corrected chi connectivity index (χ2v) is 9.99. The summed E-state index contributed by atoms with van der Waals surface area (Å²) in [7, 11) is 0. The molecule has 1 aliphatic carbocycles. The molecule has 2 aliphatic heterocycles. The maximum atomic E-state index is 9.14. The predicted molar refractivity (Wildman–Crippen MR) is 124 cm³/mol. The summed E-state index contributed by atoms with van der Waals surface area (Å²) in [5, 5.41) is 19.3. The number of nitrogens with zero attached hydrogens (tertiary/aromatic N) is 8. The van der Waals surface area contributed by atoms with Crippen LogP contribution in [-0.4, -0.2) is 48.3 Å². The van der Waals surface area contributed by atoms with E-state index in [-0.39, 0.29) is 5.54 Å². The monoisotopic (exact) mass is 460 g/mol. The Morgan fingerprint density at radius 3 is 2.70 bits per heavy atom. The Labute approximate surface area is 197 Å². The molecule has 0 N–H and O–H groups in total. The van der Waals surface area contributed by atoms with Gasteiger partial charge >= 0.3 is 0 Å². The highest BCUT2D eigenvalue weighted by Crippen LogP contribution is 2.44. The van der Waals surface area contributed by atoms with Crippen molar-refractivity contribution in [2.24, 2.45) is 0 Å². The van der Waals surface area contributed by atoms with Gasteiger partial charge in [0.15, 0.2) is 5.82 Å². The number of aromatic nitrogens is 5. The normalized spacial score (nSPS) is 20.0. The van der Waals surface area contributed by atoms with Crippen LogP contribution in [0, 0.1) is 11.3 Å². The average molecular weight is 461 g/mol. The van der Waals surface area contributed by atoms with Crippen molar-refractivity contribution in [2.45, 2.75) is 57.2 Å². The quantitative estimate of drug-likeness (QED) is 0.586. The summed E-state index contributed by atoms with van der Waals surface area (Å²) in [5.74, 6) is 2.96. The number of hydrogen-bond donors (Lipinski definition) is 0. The molecule has 8 nitrogen and oxygen atoms in total. The average Bonchev–Trinajstić information content (AvgIpc) is 3.50. The van der Waals surface area contributed by atoms with Crippen molar-refractivity contribution >= 4 is 17.5 Å². The van der Waals surface area contributed by atoms with Crippen LogP contribution in [0.3, 0.4) is 0 Å². The largest absolute Gasteiger partial charge is 0.341 e. The fraction of sp³-hybridized carbons (Fsp3) is 0.458. The smallest absolute Gasteiger partial charge is 0.226 e. The second kappa shape index (κ2) is 7.79. The lowest BCUT2D eigenvalue weighted by atomic mass is 9.95. The zero-order valence-electron chi connectivity index (χ0n) is 18.6. The standard InChI is InChI=1S/C24H25ClN8/c1-24(7-8-24)32-14-17-12-18(25)2-3-20(17)33-21(15-32)29-30-22(33)16-5-10-31(11-6-16)23-27-9-4-19(13-26)28-23/h2-4,9,12,16H,5-8,10-11,14-15H2,1H3. The molecule has 33 heavy (non-hydrogen) atoms. The first-order chi connectivity index (χ1) is 16.0. The molecule has 4 heterocycles. The minimum absolute atomic E-state index is 0.240. The third-order valence-corrected chi connectivity index (χ3v) is 7.60. The third kappa shape index (κ3) is 3.65. The number of fused-ring (bicyclic) bond motifs is 3. The van der Waals surface area contributed by atoms with Crippen LogP contribution in [0.15, 0.2) is 30.5 Å². The Kier molecular flexibility index (Phi) is 4.86. The summed E-state index contributed by atoms with van der Waals surface area (Å²) in [6.07, 6.45) is 5.96. The van der Waals surface area contributed by atoms with Gasteiger partial charge in [-0.25, -0.2) is 9.97 Å². The first-order valence-electron chi connectivity index (χ1n) is 11.5. The number of nitriles is 1. The molecule has 3 aromatic rings. The predicted octanol–water partition coefficient (Wildman–Crippen LogP) is 3.83. The summed E-state index contributed by atoms with van der Waals surface area (Å²) < 4.78 is 2.28. The summed E-state index contributed by atoms with van der Waals surface area (Å²) >= 11 is 6.40. The van der Waals surface area contributed by atoms with Crippen molar-refractivity contribution in [2.75, 3.05) is 18.0 Å². The first kappa shape index (κ1) is 20.6. The molecule has 2 aromatic heterocycles. The van der Waals surface area contributed by atoms with E-state index in [4.69, 9.17) is 22.0 Å². The Morgan fingerprint density at radius 2 is 1.94 bits per heavy atom. The fourth-order valence-electron chi connectivity index (χ4n) is 5.07. The molecule has 1 saturated heterocycles. The number of rotatable bonds is 3. The molecule has 0 bridgehead atoms. The molecular formula is C24H25ClN8. The van der Waals surface area contributed by atoms with Crippen LogP contribution in [0.1, 0.15) is 61.4 Å². The summed E-state index contributed by atoms with van der Waals surface area (Å²) in [6, 6.07) is 9.90. The topological polar surface area (TPSA) is 86.8 Å². The molecule has 0 amide bonds. The lowest BCUT2D eigenvalue weighted by Gasteiger charge is -2.31. The van der Waals surface area contributed by atoms with E-state index >= 15 is 0 Å². The molecule has 3 aliphatic rings. The molecule has 2 fully saturated rings. The van der Waals surface area contributed by atoms with Crippen LogP contribution >= 0.6 is 11.6 Å². The summed E-state index contributed by atoms with van der Waals surface area (Å²) in [4.78, 5) is 13.4. The van der Waals surface area contributed by atoms with Crippen LogP contribution in [0.4, 0.5) is 5.95 Å². The van der Waals surface area contributed by atoms with Crippen molar-refractivity contribution in [3.63, 3.8) is 0 Å². The van der Waals surface area contributed by atoms with Crippen LogP contribution < -0.4 is 4.90 Å². The zero-order valence-corrected chi connectivity index (χ0v) is 19.3. The highest BCUT2D eigenvalue weighted by Gasteiger charge is 2.45. The van der Waals surface area contributed by atoms with Gasteiger partial charge in [0.05, 0.1) is 12.2 Å². The van der Waals surface area contributed by atoms with Crippen LogP contribution in [-0.2, 0) is 13.1 Å². The van der Waals surface area contributed by atoms with Gasteiger partial charge in [-0.3, -0.25) is 9.47 Å². The minimum Gasteiger partial charge on any atom is -0.341 e. The molecule has 0 radical (unpaired) electrons. The van der Waals surface area contributed by atoms with Crippen LogP contribution in [0.25, 0.3) is 5.69 Å². The molecular weight excluding hydrogens is 436 g/mol. The zero-order chi connectivity index (χ0) is 22.6. The number of benzene rings is 1. The Hall–Kier alpha value is -3.02. The van der Waals surface area contributed by atoms with E-state index in [1.165, 1.54) is 18.4 Å². The lowest BCUT2D eigenvalue weighted by molar-refractivity contribution is 0.170. The Bertz CT molecular complexity index is 1250. The van der Waals surface area contributed by atoms with E-state index in [0.29, 0.717) is 17.6 Å². The van der Waals surface area contributed by atoms with Gasteiger partial charge in [0.25, 0.3) is 0 Å². The Morgan fingerprint density at radius 1 is 1.12 bits per heavy atom. The van der Waals surface area contributed by atoms with Crippen LogP contribution in [0.5, 0.6) is 0 Å². The maximum Gasteiger partial charge on any atom is 0.226 e. The number of halogens is 1. The summed E-state index contributed by atoms with van der Waals surface area (Å²) in [6.45, 7) is 5.64. The molecule has 6 rings (SSSR count). The van der Waals surface area contributed by atoms with Gasteiger partial charge in [0.1, 0.15) is 17.6 Å². The molecule has 9 heteroatoms. The van der Waals surface area contributed by atoms with Crippen molar-refractivity contribution in [3.05, 3.63) is 58.4 Å². The number of hydrogen-bond acceptors (Lipinski definition) is 7. The molecule has 1 aromatic carbocycles. The molecule has 0 unspecified atom stereocenters. The van der Waals surface area contributed by atoms with Gasteiger partial charge in [-0.15, -0.1) is 10.2 Å². The van der Waals surface area contributed by atoms with E-state index in [9.17, 15) is 0 Å². The van der Waals surface area contributed by atoms with E-state index in [0.717, 1.165) is 61.4 Å². The molecule has 168 valence electrons. The summed E-state index contributed by atoms with van der Waals surface area (Å²) in [5.41, 5.74) is 3.02. The fourth-order valence-corrected chi connectivity index (χ4v) is 5.26. The minimum atomic E-state index is 0.240. The van der Waals surface area contributed by atoms with E-state index in [2.05, 4.69) is 54.6 Å². The van der Waals surface area contributed by atoms with Crippen molar-refractivity contribution in [3.8, 4) is 11.8 Å². The molecule has 0 atom stereocenters. The number of anilines is 1. The van der Waals surface area contributed by atoms with E-state index in [1.54, 1.807) is 12.3 Å². The van der Waals surface area contributed by atoms with Gasteiger partial charge in [0, 0.05) is 42.3 Å². The van der Waals surface area contributed by atoms with Gasteiger partial charge in [-0.1, -0.05) is 11.6 Å². The SMILES string of the molecule is CC1(N2Cc3cc(Cl)ccc3-n3c(nnc3C3CCN(c4nccc(C#N)n4)CC3)C2)CC1. The van der Waals surface area contributed by atoms with E-state index in [1.807, 2.05) is 6.07 Å². The maximum absolute atomic E-state index is 9.14. The highest BCUT2D eigenvalue weighted by molar-refractivity contribution is 6.30. The first-order valence-corrected chi connectivity index (χ1v) is 11.9. The second-order valence-electron chi connectivity index (χ2n) is 9.55. The van der Waals surface area contributed by atoms with Crippen LogP contribution in [0.2, 0.25) is 5.02 Å².